The number of likely N-dealkylation sites (tertiary alicyclic amines) is 1. The lowest BCUT2D eigenvalue weighted by molar-refractivity contribution is -0.135. The number of carbonyl (C=O) groups is 2. The summed E-state index contributed by atoms with van der Waals surface area (Å²) in [5, 5.41) is 16.0. The molecule has 1 amide bonds. The highest BCUT2D eigenvalue weighted by Crippen LogP contribution is 2.30. The van der Waals surface area contributed by atoms with Gasteiger partial charge in [0.05, 0.1) is 0 Å². The molecule has 1 aromatic rings. The highest BCUT2D eigenvalue weighted by molar-refractivity contribution is 5.89. The molecule has 0 radical (unpaired) electrons. The van der Waals surface area contributed by atoms with Crippen molar-refractivity contribution < 1.29 is 14.7 Å². The Kier molecular flexibility index (Phi) is 7.79. The molecule has 1 saturated heterocycles. The third-order valence-electron chi connectivity index (χ3n) is 6.14. The average Bonchev–Trinajstić information content (AvgIpc) is 2.76. The van der Waals surface area contributed by atoms with Crippen LogP contribution in [0.4, 0.5) is 11.8 Å². The average molecular weight is 416 g/mol. The maximum Gasteiger partial charge on any atom is 0.248 e. The molecule has 2 unspecified atom stereocenters. The number of hydrogen-bond acceptors (Lipinski definition) is 7. The number of aromatic nitrogens is 2. The van der Waals surface area contributed by atoms with Gasteiger partial charge in [-0.25, -0.2) is 4.98 Å². The Hall–Kier alpha value is -2.48. The molecule has 2 fully saturated rings. The highest BCUT2D eigenvalue weighted by Gasteiger charge is 2.28. The van der Waals surface area contributed by atoms with Crippen LogP contribution in [-0.2, 0) is 9.59 Å². The van der Waals surface area contributed by atoms with Crippen molar-refractivity contribution in [2.75, 3.05) is 30.3 Å². The number of hydrogen-bond donors (Lipinski definition) is 3. The molecule has 8 nitrogen and oxygen atoms in total. The minimum atomic E-state index is -0.460. The lowest BCUT2D eigenvalue weighted by Gasteiger charge is -2.33. The van der Waals surface area contributed by atoms with E-state index >= 15 is 0 Å². The van der Waals surface area contributed by atoms with Crippen molar-refractivity contribution in [3.05, 3.63) is 24.4 Å². The molecule has 3 rings (SSSR count). The Labute approximate surface area is 178 Å². The second-order valence-electron chi connectivity index (χ2n) is 8.38. The summed E-state index contributed by atoms with van der Waals surface area (Å²) >= 11 is 0. The van der Waals surface area contributed by atoms with Crippen LogP contribution in [0, 0.1) is 12.8 Å². The lowest BCUT2D eigenvalue weighted by atomic mass is 9.81. The van der Waals surface area contributed by atoms with Gasteiger partial charge in [-0.05, 0) is 44.6 Å². The van der Waals surface area contributed by atoms with Crippen LogP contribution in [0.2, 0.25) is 0 Å². The van der Waals surface area contributed by atoms with Crippen molar-refractivity contribution in [2.45, 2.75) is 64.0 Å². The smallest absolute Gasteiger partial charge is 0.248 e. The summed E-state index contributed by atoms with van der Waals surface area (Å²) in [6, 6.07) is 0.258. The number of piperidine rings is 1. The quantitative estimate of drug-likeness (QED) is 0.559. The number of aliphatic hydroxyl groups excluding tert-OH is 1. The molecule has 0 aromatic carbocycles. The van der Waals surface area contributed by atoms with Gasteiger partial charge >= 0.3 is 0 Å². The molecule has 1 aromatic heterocycles. The first kappa shape index (κ1) is 22.2. The van der Waals surface area contributed by atoms with Crippen LogP contribution in [-0.4, -0.2) is 63.4 Å². The van der Waals surface area contributed by atoms with Crippen molar-refractivity contribution in [1.82, 2.24) is 14.9 Å². The first-order chi connectivity index (χ1) is 14.5. The normalized spacial score (nSPS) is 24.2. The molecule has 30 heavy (non-hydrogen) atoms. The predicted molar refractivity (Wildman–Crippen MR) is 116 cm³/mol. The largest absolute Gasteiger partial charge is 0.387 e. The van der Waals surface area contributed by atoms with Crippen LogP contribution in [0.1, 0.15) is 50.5 Å². The Morgan fingerprint density at radius 1 is 1.27 bits per heavy atom. The number of allylic oxidation sites excluding steroid dienone is 1. The predicted octanol–water partition coefficient (Wildman–Crippen LogP) is 2.30. The van der Waals surface area contributed by atoms with E-state index in [1.165, 1.54) is 6.08 Å². The molecule has 0 bridgehead atoms. The van der Waals surface area contributed by atoms with Gasteiger partial charge in [0, 0.05) is 43.4 Å². The van der Waals surface area contributed by atoms with E-state index < -0.39 is 6.61 Å². The maximum atomic E-state index is 11.9. The molecule has 3 N–H and O–H groups in total. The van der Waals surface area contributed by atoms with Crippen LogP contribution in [0.25, 0.3) is 0 Å². The summed E-state index contributed by atoms with van der Waals surface area (Å²) in [6.45, 7) is 6.32. The zero-order valence-corrected chi connectivity index (χ0v) is 17.8. The first-order valence-corrected chi connectivity index (χ1v) is 10.9. The van der Waals surface area contributed by atoms with Gasteiger partial charge < -0.3 is 20.6 Å². The molecule has 8 heteroatoms. The van der Waals surface area contributed by atoms with Crippen molar-refractivity contribution >= 4 is 23.5 Å². The van der Waals surface area contributed by atoms with Crippen LogP contribution >= 0.6 is 0 Å². The van der Waals surface area contributed by atoms with E-state index in [9.17, 15) is 9.59 Å². The van der Waals surface area contributed by atoms with Crippen LogP contribution in [0.3, 0.4) is 0 Å². The Bertz CT molecular complexity index is 769. The SMILES string of the molecule is C=CC(=O)CC1CCCCC1Nc1nc(N[C@H]2CCCN(C(=O)CO)C2)ncc1C. The topological polar surface area (TPSA) is 107 Å². The Morgan fingerprint density at radius 2 is 2.07 bits per heavy atom. The van der Waals surface area contributed by atoms with Crippen LogP contribution in [0.15, 0.2) is 18.9 Å². The van der Waals surface area contributed by atoms with E-state index in [1.807, 2.05) is 6.92 Å². The third kappa shape index (κ3) is 5.78. The number of anilines is 2. The summed E-state index contributed by atoms with van der Waals surface area (Å²) < 4.78 is 0. The second-order valence-corrected chi connectivity index (χ2v) is 8.38. The van der Waals surface area contributed by atoms with E-state index in [1.54, 1.807) is 11.1 Å². The van der Waals surface area contributed by atoms with Gasteiger partial charge in [0.2, 0.25) is 11.9 Å². The van der Waals surface area contributed by atoms with Gasteiger partial charge in [0.1, 0.15) is 12.4 Å². The summed E-state index contributed by atoms with van der Waals surface area (Å²) in [5.41, 5.74) is 0.959. The number of nitrogens with zero attached hydrogens (tertiary/aromatic N) is 3. The fraction of sp³-hybridized carbons (Fsp3) is 0.636. The number of carbonyl (C=O) groups excluding carboxylic acids is 2. The highest BCUT2D eigenvalue weighted by atomic mass is 16.3. The van der Waals surface area contributed by atoms with E-state index in [2.05, 4.69) is 22.2 Å². The molecule has 2 aliphatic rings. The van der Waals surface area contributed by atoms with Gasteiger partial charge in [-0.15, -0.1) is 0 Å². The molecule has 1 saturated carbocycles. The van der Waals surface area contributed by atoms with Gasteiger partial charge in [0.25, 0.3) is 0 Å². The van der Waals surface area contributed by atoms with E-state index in [0.717, 1.165) is 49.9 Å². The van der Waals surface area contributed by atoms with E-state index in [0.29, 0.717) is 25.5 Å². The van der Waals surface area contributed by atoms with E-state index in [-0.39, 0.29) is 29.7 Å². The molecular weight excluding hydrogens is 382 g/mol. The summed E-state index contributed by atoms with van der Waals surface area (Å²) in [7, 11) is 0. The zero-order chi connectivity index (χ0) is 21.5. The zero-order valence-electron chi connectivity index (χ0n) is 17.8. The number of rotatable bonds is 8. The Morgan fingerprint density at radius 3 is 2.83 bits per heavy atom. The number of aryl methyl sites for hydroxylation is 1. The minimum Gasteiger partial charge on any atom is -0.387 e. The standard InChI is InChI=1S/C22H33N5O3/c1-3-18(29)11-16-7-4-5-9-19(16)25-21-15(2)12-23-22(26-21)24-17-8-6-10-27(13-17)20(30)14-28/h3,12,16-17,19,28H,1,4-11,13-14H2,2H3,(H2,23,24,25,26)/t16?,17-,19?/m0/s1. The summed E-state index contributed by atoms with van der Waals surface area (Å²) in [6.07, 6.45) is 9.86. The van der Waals surface area contributed by atoms with Gasteiger partial charge in [-0.1, -0.05) is 19.4 Å². The first-order valence-electron chi connectivity index (χ1n) is 10.9. The molecule has 164 valence electrons. The van der Waals surface area contributed by atoms with Crippen molar-refractivity contribution in [2.24, 2.45) is 5.92 Å². The van der Waals surface area contributed by atoms with Crippen molar-refractivity contribution in [1.29, 1.82) is 0 Å². The number of amides is 1. The minimum absolute atomic E-state index is 0.0532. The second kappa shape index (κ2) is 10.5. The lowest BCUT2D eigenvalue weighted by Crippen LogP contribution is -2.46. The monoisotopic (exact) mass is 415 g/mol. The van der Waals surface area contributed by atoms with Gasteiger partial charge in [-0.3, -0.25) is 9.59 Å². The van der Waals surface area contributed by atoms with E-state index in [4.69, 9.17) is 10.1 Å². The van der Waals surface area contributed by atoms with Crippen molar-refractivity contribution in [3.63, 3.8) is 0 Å². The fourth-order valence-electron chi connectivity index (χ4n) is 4.42. The van der Waals surface area contributed by atoms with Gasteiger partial charge in [-0.2, -0.15) is 4.98 Å². The van der Waals surface area contributed by atoms with Crippen LogP contribution < -0.4 is 10.6 Å². The van der Waals surface area contributed by atoms with Gasteiger partial charge in [0.15, 0.2) is 5.78 Å². The molecule has 2 heterocycles. The molecule has 3 atom stereocenters. The third-order valence-corrected chi connectivity index (χ3v) is 6.14. The summed E-state index contributed by atoms with van der Waals surface area (Å²) in [5.74, 6) is 1.45. The number of nitrogens with one attached hydrogen (secondary N) is 2. The number of ketones is 1. The maximum absolute atomic E-state index is 11.9. The number of aliphatic hydroxyl groups is 1. The Balaban J connectivity index is 1.66. The fourth-order valence-corrected chi connectivity index (χ4v) is 4.42. The molecule has 0 spiro atoms. The molecule has 1 aliphatic heterocycles. The van der Waals surface area contributed by atoms with Crippen LogP contribution in [0.5, 0.6) is 0 Å². The molecular formula is C22H33N5O3. The summed E-state index contributed by atoms with van der Waals surface area (Å²) in [4.78, 5) is 34.5. The van der Waals surface area contributed by atoms with Crippen molar-refractivity contribution in [3.8, 4) is 0 Å². The molecule has 1 aliphatic carbocycles.